The third-order valence-electron chi connectivity index (χ3n) is 7.09. The van der Waals surface area contributed by atoms with Crippen molar-refractivity contribution in [2.24, 2.45) is 0 Å². The fourth-order valence-corrected chi connectivity index (χ4v) is 6.01. The molecule has 236 valence electrons. The predicted molar refractivity (Wildman–Crippen MR) is 171 cm³/mol. The molecule has 3 N–H and O–H groups in total. The molecule has 45 heavy (non-hydrogen) atoms. The van der Waals surface area contributed by atoms with Gasteiger partial charge in [0.1, 0.15) is 28.7 Å². The zero-order chi connectivity index (χ0) is 32.4. The molecule has 2 heterocycles. The number of hydrogen-bond acceptors (Lipinski definition) is 7. The molecule has 0 bridgehead atoms. The van der Waals surface area contributed by atoms with Gasteiger partial charge in [-0.05, 0) is 68.5 Å². The Kier molecular flexibility index (Phi) is 11.2. The van der Waals surface area contributed by atoms with Crippen LogP contribution in [0.1, 0.15) is 20.3 Å². The van der Waals surface area contributed by atoms with Crippen molar-refractivity contribution in [3.63, 3.8) is 0 Å². The van der Waals surface area contributed by atoms with Gasteiger partial charge in [0.15, 0.2) is 0 Å². The van der Waals surface area contributed by atoms with Crippen molar-refractivity contribution >= 4 is 44.6 Å². The second kappa shape index (κ2) is 15.2. The number of hydrogen-bond donors (Lipinski definition) is 3. The van der Waals surface area contributed by atoms with Crippen LogP contribution >= 0.6 is 0 Å². The molecule has 0 spiro atoms. The maximum absolute atomic E-state index is 14.0. The Balaban J connectivity index is 0.00000148. The molecule has 0 atom stereocenters. The quantitative estimate of drug-likeness (QED) is 0.135. The molecule has 0 radical (unpaired) electrons. The van der Waals surface area contributed by atoms with Gasteiger partial charge in [-0.2, -0.15) is 0 Å². The van der Waals surface area contributed by atoms with Crippen LogP contribution in [-0.4, -0.2) is 59.1 Å². The molecule has 0 aliphatic heterocycles. The predicted octanol–water partition coefficient (Wildman–Crippen LogP) is 6.35. The van der Waals surface area contributed by atoms with Gasteiger partial charge in [-0.3, -0.25) is 9.52 Å². The summed E-state index contributed by atoms with van der Waals surface area (Å²) in [4.78, 5) is 19.0. The summed E-state index contributed by atoms with van der Waals surface area (Å²) in [7, 11) is -4.24. The third-order valence-corrected chi connectivity index (χ3v) is 8.51. The molecule has 0 saturated heterocycles. The van der Waals surface area contributed by atoms with Crippen molar-refractivity contribution in [2.45, 2.75) is 31.7 Å². The number of rotatable bonds is 12. The molecule has 0 unspecified atom stereocenters. The number of fused-ring (bicyclic) bond motifs is 1. The summed E-state index contributed by atoms with van der Waals surface area (Å²) in [5.41, 5.74) is 3.82. The van der Waals surface area contributed by atoms with Crippen LogP contribution in [0.5, 0.6) is 0 Å². The monoisotopic (exact) mass is 636 g/mol. The van der Waals surface area contributed by atoms with Gasteiger partial charge in [-0.1, -0.05) is 32.0 Å². The number of carbonyl (C=O) groups is 1. The van der Waals surface area contributed by atoms with E-state index in [1.807, 2.05) is 18.2 Å². The number of nitrogens with one attached hydrogen (secondary N) is 2. The van der Waals surface area contributed by atoms with E-state index < -0.39 is 26.6 Å². The van der Waals surface area contributed by atoms with E-state index in [-0.39, 0.29) is 12.2 Å². The lowest BCUT2D eigenvalue weighted by Crippen LogP contribution is -2.24. The standard InChI is InChI=1S/C31H32F2N6O2S.CH2O2/c1-3-38(4-2)16-7-17-39-20-26(25-8-5-6-9-29(25)39)28-19-31(35-21-34-28)36-23-11-13-24(14-12-23)37-42(40,41)30-15-10-22(32)18-27(30)33;2-1-3/h5-6,8-15,18-21,37H,3-4,7,16-17H2,1-2H3,(H,34,35,36);1H,(H,2,3). The summed E-state index contributed by atoms with van der Waals surface area (Å²) in [6.07, 6.45) is 4.69. The summed E-state index contributed by atoms with van der Waals surface area (Å²) in [6, 6.07) is 18.9. The second-order valence-corrected chi connectivity index (χ2v) is 11.6. The minimum absolute atomic E-state index is 0.224. The summed E-state index contributed by atoms with van der Waals surface area (Å²) in [5, 5.41) is 11.2. The Labute approximate surface area is 260 Å². The normalized spacial score (nSPS) is 11.2. The van der Waals surface area contributed by atoms with Gasteiger partial charge in [0.2, 0.25) is 0 Å². The smallest absolute Gasteiger partial charge is 0.290 e. The third kappa shape index (κ3) is 8.40. The number of para-hydroxylation sites is 1. The van der Waals surface area contributed by atoms with Gasteiger partial charge in [-0.15, -0.1) is 0 Å². The first-order valence-corrected chi connectivity index (χ1v) is 15.7. The number of halogens is 2. The Bertz CT molecular complexity index is 1840. The lowest BCUT2D eigenvalue weighted by Gasteiger charge is -2.17. The maximum Gasteiger partial charge on any atom is 0.290 e. The topological polar surface area (TPSA) is 129 Å². The Morgan fingerprint density at radius 1 is 0.956 bits per heavy atom. The molecule has 13 heteroatoms. The zero-order valence-electron chi connectivity index (χ0n) is 24.8. The van der Waals surface area contributed by atoms with Crippen molar-refractivity contribution < 1.29 is 27.1 Å². The van der Waals surface area contributed by atoms with Gasteiger partial charge >= 0.3 is 0 Å². The van der Waals surface area contributed by atoms with E-state index >= 15 is 0 Å². The van der Waals surface area contributed by atoms with E-state index in [1.54, 1.807) is 12.1 Å². The molecule has 0 fully saturated rings. The van der Waals surface area contributed by atoms with Crippen LogP contribution < -0.4 is 10.0 Å². The lowest BCUT2D eigenvalue weighted by atomic mass is 10.1. The largest absolute Gasteiger partial charge is 0.483 e. The first-order chi connectivity index (χ1) is 21.7. The van der Waals surface area contributed by atoms with Crippen molar-refractivity contribution in [3.8, 4) is 11.3 Å². The van der Waals surface area contributed by atoms with E-state index in [4.69, 9.17) is 9.90 Å². The molecule has 0 amide bonds. The maximum atomic E-state index is 14.0. The van der Waals surface area contributed by atoms with Crippen molar-refractivity contribution in [2.75, 3.05) is 29.7 Å². The van der Waals surface area contributed by atoms with Crippen LogP contribution in [0, 0.1) is 11.6 Å². The van der Waals surface area contributed by atoms with E-state index in [0.29, 0.717) is 17.6 Å². The summed E-state index contributed by atoms with van der Waals surface area (Å²) in [6.45, 7) is 8.14. The fourth-order valence-electron chi connectivity index (χ4n) is 4.89. The number of nitrogens with zero attached hydrogens (tertiary/aromatic N) is 4. The van der Waals surface area contributed by atoms with Gasteiger partial charge < -0.3 is 19.9 Å². The van der Waals surface area contributed by atoms with E-state index in [0.717, 1.165) is 66.9 Å². The molecule has 5 rings (SSSR count). The van der Waals surface area contributed by atoms with E-state index in [2.05, 4.69) is 61.7 Å². The molecule has 3 aromatic carbocycles. The first kappa shape index (κ1) is 33.0. The number of benzene rings is 3. The summed E-state index contributed by atoms with van der Waals surface area (Å²) >= 11 is 0. The van der Waals surface area contributed by atoms with Crippen LogP contribution in [-0.2, 0) is 21.4 Å². The number of anilines is 3. The SMILES string of the molecule is CCN(CC)CCCn1cc(-c2cc(Nc3ccc(NS(=O)(=O)c4ccc(F)cc4F)cc3)ncn2)c2ccccc21.O=CO. The fraction of sp³-hybridized carbons (Fsp3) is 0.219. The highest BCUT2D eigenvalue weighted by molar-refractivity contribution is 7.92. The van der Waals surface area contributed by atoms with E-state index in [1.165, 1.54) is 18.5 Å². The van der Waals surface area contributed by atoms with E-state index in [9.17, 15) is 17.2 Å². The van der Waals surface area contributed by atoms with Crippen LogP contribution in [0.2, 0.25) is 0 Å². The van der Waals surface area contributed by atoms with Crippen molar-refractivity contribution in [1.29, 1.82) is 0 Å². The molecule has 2 aromatic heterocycles. The molecule has 10 nitrogen and oxygen atoms in total. The zero-order valence-corrected chi connectivity index (χ0v) is 25.6. The van der Waals surface area contributed by atoms with Crippen LogP contribution in [0.15, 0.2) is 90.2 Å². The number of aryl methyl sites for hydroxylation is 1. The number of aromatic nitrogens is 3. The van der Waals surface area contributed by atoms with Gasteiger partial charge in [-0.25, -0.2) is 27.2 Å². The average Bonchev–Trinajstić information content (AvgIpc) is 3.39. The average molecular weight is 637 g/mol. The Morgan fingerprint density at radius 2 is 1.64 bits per heavy atom. The van der Waals surface area contributed by atoms with Gasteiger partial charge in [0, 0.05) is 52.7 Å². The van der Waals surface area contributed by atoms with Crippen molar-refractivity contribution in [1.82, 2.24) is 19.4 Å². The minimum Gasteiger partial charge on any atom is -0.483 e. The summed E-state index contributed by atoms with van der Waals surface area (Å²) in [5.74, 6) is -1.45. The van der Waals surface area contributed by atoms with Crippen LogP contribution in [0.3, 0.4) is 0 Å². The second-order valence-electron chi connectivity index (χ2n) is 9.91. The first-order valence-electron chi connectivity index (χ1n) is 14.2. The molecule has 0 aliphatic rings. The molecular weight excluding hydrogens is 602 g/mol. The van der Waals surface area contributed by atoms with Gasteiger partial charge in [0.25, 0.3) is 16.5 Å². The molecule has 0 aliphatic carbocycles. The Hall–Kier alpha value is -4.88. The lowest BCUT2D eigenvalue weighted by molar-refractivity contribution is -0.122. The minimum atomic E-state index is -4.24. The highest BCUT2D eigenvalue weighted by atomic mass is 32.2. The highest BCUT2D eigenvalue weighted by Gasteiger charge is 2.20. The van der Waals surface area contributed by atoms with Crippen molar-refractivity contribution in [3.05, 3.63) is 97.0 Å². The van der Waals surface area contributed by atoms with Gasteiger partial charge in [0.05, 0.1) is 5.69 Å². The number of sulfonamides is 1. The Morgan fingerprint density at radius 3 is 2.33 bits per heavy atom. The molecule has 5 aromatic rings. The number of carboxylic acid groups (broad SMARTS) is 1. The van der Waals surface area contributed by atoms with Crippen LogP contribution in [0.4, 0.5) is 26.0 Å². The van der Waals surface area contributed by atoms with Crippen LogP contribution in [0.25, 0.3) is 22.2 Å². The highest BCUT2D eigenvalue weighted by Crippen LogP contribution is 2.31. The molecular formula is C32H34F2N6O4S. The molecule has 0 saturated carbocycles. The summed E-state index contributed by atoms with van der Waals surface area (Å²) < 4.78 is 57.0.